The van der Waals surface area contributed by atoms with Crippen LogP contribution in [-0.4, -0.2) is 54.8 Å². The van der Waals surface area contributed by atoms with Gasteiger partial charge < -0.3 is 15.5 Å². The number of carbonyl (C=O) groups excluding carboxylic acids is 2. The standard InChI is InChI=1S/C15H29N3O2/c1-15(2,11-16)12-17(3)14(20)10-18-9-7-5-4-6-8-13(18)19/h4-12,16H2,1-3H3. The van der Waals surface area contributed by atoms with Crippen molar-refractivity contribution in [3.05, 3.63) is 0 Å². The summed E-state index contributed by atoms with van der Waals surface area (Å²) >= 11 is 0. The lowest BCUT2D eigenvalue weighted by molar-refractivity contribution is -0.140. The summed E-state index contributed by atoms with van der Waals surface area (Å²) in [7, 11) is 1.79. The smallest absolute Gasteiger partial charge is 0.241 e. The van der Waals surface area contributed by atoms with Crippen LogP contribution >= 0.6 is 0 Å². The quantitative estimate of drug-likeness (QED) is 0.825. The third-order valence-corrected chi connectivity index (χ3v) is 3.89. The number of rotatable bonds is 5. The first-order valence-electron chi connectivity index (χ1n) is 7.57. The molecule has 1 fully saturated rings. The molecular formula is C15H29N3O2. The van der Waals surface area contributed by atoms with Crippen molar-refractivity contribution in [1.29, 1.82) is 0 Å². The van der Waals surface area contributed by atoms with Crippen molar-refractivity contribution in [2.45, 2.75) is 46.0 Å². The van der Waals surface area contributed by atoms with Gasteiger partial charge in [-0.05, 0) is 24.8 Å². The zero-order chi connectivity index (χ0) is 15.2. The Labute approximate surface area is 122 Å². The van der Waals surface area contributed by atoms with Gasteiger partial charge in [0.05, 0.1) is 6.54 Å². The Morgan fingerprint density at radius 1 is 1.30 bits per heavy atom. The monoisotopic (exact) mass is 283 g/mol. The zero-order valence-electron chi connectivity index (χ0n) is 13.2. The minimum atomic E-state index is -0.0926. The van der Waals surface area contributed by atoms with Gasteiger partial charge in [-0.2, -0.15) is 0 Å². The molecule has 116 valence electrons. The fourth-order valence-electron chi connectivity index (χ4n) is 2.46. The van der Waals surface area contributed by atoms with Gasteiger partial charge in [0, 0.05) is 26.6 Å². The Balaban J connectivity index is 2.52. The van der Waals surface area contributed by atoms with E-state index >= 15 is 0 Å². The lowest BCUT2D eigenvalue weighted by atomic mass is 9.93. The van der Waals surface area contributed by atoms with Gasteiger partial charge >= 0.3 is 0 Å². The predicted octanol–water partition coefficient (Wildman–Crippen LogP) is 1.22. The summed E-state index contributed by atoms with van der Waals surface area (Å²) in [5.74, 6) is 0.116. The van der Waals surface area contributed by atoms with Crippen LogP contribution in [0.1, 0.15) is 46.0 Å². The molecule has 5 heteroatoms. The topological polar surface area (TPSA) is 66.6 Å². The van der Waals surface area contributed by atoms with E-state index in [9.17, 15) is 9.59 Å². The molecule has 20 heavy (non-hydrogen) atoms. The fraction of sp³-hybridized carbons (Fsp3) is 0.867. The van der Waals surface area contributed by atoms with Gasteiger partial charge in [-0.1, -0.05) is 26.7 Å². The third kappa shape index (κ3) is 5.49. The van der Waals surface area contributed by atoms with Crippen molar-refractivity contribution < 1.29 is 9.59 Å². The highest BCUT2D eigenvalue weighted by Gasteiger charge is 2.24. The maximum absolute atomic E-state index is 12.2. The molecule has 1 heterocycles. The predicted molar refractivity (Wildman–Crippen MR) is 80.1 cm³/mol. The summed E-state index contributed by atoms with van der Waals surface area (Å²) < 4.78 is 0. The Morgan fingerprint density at radius 2 is 1.95 bits per heavy atom. The fourth-order valence-corrected chi connectivity index (χ4v) is 2.46. The van der Waals surface area contributed by atoms with E-state index < -0.39 is 0 Å². The van der Waals surface area contributed by atoms with E-state index in [2.05, 4.69) is 0 Å². The minimum absolute atomic E-state index is 0.000415. The molecule has 2 amide bonds. The molecule has 0 aromatic carbocycles. The first kappa shape index (κ1) is 17.0. The largest absolute Gasteiger partial charge is 0.344 e. The lowest BCUT2D eigenvalue weighted by Gasteiger charge is -2.31. The number of hydrogen-bond donors (Lipinski definition) is 1. The number of nitrogens with two attached hydrogens (primary N) is 1. The number of hydrogen-bond acceptors (Lipinski definition) is 3. The average Bonchev–Trinajstić information content (AvgIpc) is 2.37. The summed E-state index contributed by atoms with van der Waals surface area (Å²) in [6.45, 7) is 6.14. The molecule has 1 rings (SSSR count). The van der Waals surface area contributed by atoms with Crippen molar-refractivity contribution in [1.82, 2.24) is 9.80 Å². The van der Waals surface area contributed by atoms with Crippen LogP contribution in [-0.2, 0) is 9.59 Å². The van der Waals surface area contributed by atoms with Gasteiger partial charge in [0.25, 0.3) is 0 Å². The molecule has 0 aromatic heterocycles. The summed E-state index contributed by atoms with van der Waals surface area (Å²) in [5, 5.41) is 0. The molecule has 5 nitrogen and oxygen atoms in total. The van der Waals surface area contributed by atoms with Crippen LogP contribution in [0, 0.1) is 5.41 Å². The molecule has 1 aliphatic heterocycles. The summed E-state index contributed by atoms with van der Waals surface area (Å²) in [6.07, 6.45) is 4.79. The van der Waals surface area contributed by atoms with Crippen LogP contribution in [0.3, 0.4) is 0 Å². The van der Waals surface area contributed by atoms with E-state index in [1.54, 1.807) is 16.8 Å². The van der Waals surface area contributed by atoms with Crippen LogP contribution in [0.4, 0.5) is 0 Å². The molecule has 0 bridgehead atoms. The molecule has 0 atom stereocenters. The van der Waals surface area contributed by atoms with Gasteiger partial charge in [0.1, 0.15) is 0 Å². The van der Waals surface area contributed by atoms with Crippen LogP contribution in [0.2, 0.25) is 0 Å². The molecule has 0 aromatic rings. The zero-order valence-corrected chi connectivity index (χ0v) is 13.2. The second kappa shape index (κ2) is 7.62. The Hall–Kier alpha value is -1.10. The molecule has 1 saturated heterocycles. The van der Waals surface area contributed by atoms with E-state index in [1.165, 1.54) is 0 Å². The van der Waals surface area contributed by atoms with Crippen LogP contribution in [0.15, 0.2) is 0 Å². The average molecular weight is 283 g/mol. The molecule has 0 aliphatic carbocycles. The van der Waals surface area contributed by atoms with Crippen molar-refractivity contribution >= 4 is 11.8 Å². The first-order chi connectivity index (χ1) is 9.35. The number of likely N-dealkylation sites (tertiary alicyclic amines) is 1. The number of carbonyl (C=O) groups is 2. The minimum Gasteiger partial charge on any atom is -0.344 e. The highest BCUT2D eigenvalue weighted by molar-refractivity contribution is 5.84. The Bertz CT molecular complexity index is 342. The van der Waals surface area contributed by atoms with Gasteiger partial charge in [-0.25, -0.2) is 0 Å². The van der Waals surface area contributed by atoms with Gasteiger partial charge in [0.15, 0.2) is 0 Å². The second-order valence-electron chi connectivity index (χ2n) is 6.60. The van der Waals surface area contributed by atoms with Crippen molar-refractivity contribution in [2.75, 3.05) is 33.2 Å². The normalized spacial score (nSPS) is 17.6. The van der Waals surface area contributed by atoms with Crippen LogP contribution in [0.5, 0.6) is 0 Å². The Morgan fingerprint density at radius 3 is 2.60 bits per heavy atom. The van der Waals surface area contributed by atoms with Crippen molar-refractivity contribution in [3.63, 3.8) is 0 Å². The third-order valence-electron chi connectivity index (χ3n) is 3.89. The molecule has 0 saturated carbocycles. The van der Waals surface area contributed by atoms with E-state index in [-0.39, 0.29) is 23.8 Å². The van der Waals surface area contributed by atoms with Crippen LogP contribution in [0.25, 0.3) is 0 Å². The maximum Gasteiger partial charge on any atom is 0.241 e. The lowest BCUT2D eigenvalue weighted by Crippen LogP contribution is -2.46. The van der Waals surface area contributed by atoms with Crippen molar-refractivity contribution in [3.8, 4) is 0 Å². The summed E-state index contributed by atoms with van der Waals surface area (Å²) in [6, 6.07) is 0. The van der Waals surface area contributed by atoms with E-state index in [1.807, 2.05) is 13.8 Å². The van der Waals surface area contributed by atoms with Crippen molar-refractivity contribution in [2.24, 2.45) is 11.1 Å². The highest BCUT2D eigenvalue weighted by atomic mass is 16.2. The van der Waals surface area contributed by atoms with E-state index in [0.717, 1.165) is 25.7 Å². The Kier molecular flexibility index (Phi) is 6.46. The second-order valence-corrected chi connectivity index (χ2v) is 6.60. The van der Waals surface area contributed by atoms with Crippen LogP contribution < -0.4 is 5.73 Å². The summed E-state index contributed by atoms with van der Waals surface area (Å²) in [5.41, 5.74) is 5.60. The molecular weight excluding hydrogens is 254 g/mol. The maximum atomic E-state index is 12.2. The molecule has 1 aliphatic rings. The van der Waals surface area contributed by atoms with E-state index in [0.29, 0.717) is 26.1 Å². The van der Waals surface area contributed by atoms with Gasteiger partial charge in [-0.3, -0.25) is 9.59 Å². The van der Waals surface area contributed by atoms with Gasteiger partial charge in [-0.15, -0.1) is 0 Å². The SMILES string of the molecule is CN(CC(C)(C)CN)C(=O)CN1CCCCCCC1=O. The van der Waals surface area contributed by atoms with E-state index in [4.69, 9.17) is 5.73 Å². The number of amides is 2. The number of nitrogens with zero attached hydrogens (tertiary/aromatic N) is 2. The first-order valence-corrected chi connectivity index (χ1v) is 7.57. The molecule has 0 spiro atoms. The molecule has 0 unspecified atom stereocenters. The molecule has 0 radical (unpaired) electrons. The number of likely N-dealkylation sites (N-methyl/N-ethyl adjacent to an activating group) is 1. The summed E-state index contributed by atoms with van der Waals surface area (Å²) in [4.78, 5) is 27.7. The van der Waals surface area contributed by atoms with Gasteiger partial charge in [0.2, 0.25) is 11.8 Å². The highest BCUT2D eigenvalue weighted by Crippen LogP contribution is 2.15. The molecule has 2 N–H and O–H groups in total.